The summed E-state index contributed by atoms with van der Waals surface area (Å²) in [6.45, 7) is 1.98. The SMILES string of the molecule is Cc1csc(C(NC(=O)c2cc(C3CC3)on2)C2CC2)n1. The van der Waals surface area contributed by atoms with Crippen LogP contribution < -0.4 is 5.32 Å². The summed E-state index contributed by atoms with van der Waals surface area (Å²) in [5.74, 6) is 1.66. The Morgan fingerprint density at radius 1 is 1.43 bits per heavy atom. The van der Waals surface area contributed by atoms with Gasteiger partial charge in [0.05, 0.1) is 6.04 Å². The van der Waals surface area contributed by atoms with E-state index in [2.05, 4.69) is 15.5 Å². The van der Waals surface area contributed by atoms with E-state index in [-0.39, 0.29) is 11.9 Å². The van der Waals surface area contributed by atoms with Crippen molar-refractivity contribution in [3.63, 3.8) is 0 Å². The van der Waals surface area contributed by atoms with E-state index in [9.17, 15) is 4.79 Å². The largest absolute Gasteiger partial charge is 0.360 e. The second kappa shape index (κ2) is 4.94. The van der Waals surface area contributed by atoms with Gasteiger partial charge in [-0.1, -0.05) is 5.16 Å². The van der Waals surface area contributed by atoms with Crippen LogP contribution in [-0.2, 0) is 0 Å². The van der Waals surface area contributed by atoms with Gasteiger partial charge in [0.1, 0.15) is 10.8 Å². The van der Waals surface area contributed by atoms with Gasteiger partial charge in [-0.05, 0) is 38.5 Å². The summed E-state index contributed by atoms with van der Waals surface area (Å²) in [6.07, 6.45) is 4.57. The van der Waals surface area contributed by atoms with Crippen molar-refractivity contribution >= 4 is 17.2 Å². The standard InChI is InChI=1S/C15H17N3O2S/c1-8-7-21-15(16-8)13(10-4-5-10)17-14(19)11-6-12(20-18-11)9-2-3-9/h6-7,9-10,13H,2-5H2,1H3,(H,17,19). The highest BCUT2D eigenvalue weighted by atomic mass is 32.1. The third kappa shape index (κ3) is 2.72. The van der Waals surface area contributed by atoms with Crippen LogP contribution in [0.1, 0.15) is 64.6 Å². The number of hydrogen-bond donors (Lipinski definition) is 1. The molecule has 110 valence electrons. The van der Waals surface area contributed by atoms with E-state index >= 15 is 0 Å². The molecular formula is C15H17N3O2S. The lowest BCUT2D eigenvalue weighted by molar-refractivity contribution is 0.0922. The summed E-state index contributed by atoms with van der Waals surface area (Å²) < 4.78 is 5.25. The lowest BCUT2D eigenvalue weighted by Gasteiger charge is -2.14. The van der Waals surface area contributed by atoms with Gasteiger partial charge < -0.3 is 9.84 Å². The molecule has 2 aromatic heterocycles. The number of aryl methyl sites for hydroxylation is 1. The Bertz CT molecular complexity index is 670. The van der Waals surface area contributed by atoms with E-state index in [1.807, 2.05) is 12.3 Å². The molecule has 4 rings (SSSR count). The molecule has 0 saturated heterocycles. The van der Waals surface area contributed by atoms with Crippen molar-refractivity contribution in [2.45, 2.75) is 44.6 Å². The van der Waals surface area contributed by atoms with Crippen LogP contribution in [-0.4, -0.2) is 16.0 Å². The van der Waals surface area contributed by atoms with Crippen LogP contribution in [0.3, 0.4) is 0 Å². The van der Waals surface area contributed by atoms with Crippen LogP contribution in [0.25, 0.3) is 0 Å². The molecule has 1 atom stereocenters. The first kappa shape index (κ1) is 13.0. The summed E-state index contributed by atoms with van der Waals surface area (Å²) in [5, 5.41) is 10.0. The molecule has 1 unspecified atom stereocenters. The quantitative estimate of drug-likeness (QED) is 0.921. The molecular weight excluding hydrogens is 286 g/mol. The average Bonchev–Trinajstić information content (AvgIpc) is 3.40. The minimum atomic E-state index is -0.157. The smallest absolute Gasteiger partial charge is 0.274 e. The zero-order valence-corrected chi connectivity index (χ0v) is 12.7. The molecule has 5 nitrogen and oxygen atoms in total. The number of hydrogen-bond acceptors (Lipinski definition) is 5. The third-order valence-electron chi connectivity index (χ3n) is 4.02. The molecule has 21 heavy (non-hydrogen) atoms. The second-order valence-corrected chi connectivity index (χ2v) is 6.89. The lowest BCUT2D eigenvalue weighted by Crippen LogP contribution is -2.30. The number of nitrogens with zero attached hydrogens (tertiary/aromatic N) is 2. The van der Waals surface area contributed by atoms with Crippen LogP contribution in [0.5, 0.6) is 0 Å². The van der Waals surface area contributed by atoms with E-state index in [1.54, 1.807) is 17.4 Å². The second-order valence-electron chi connectivity index (χ2n) is 6.00. The number of rotatable bonds is 5. The molecule has 0 bridgehead atoms. The average molecular weight is 303 g/mol. The van der Waals surface area contributed by atoms with Crippen LogP contribution >= 0.6 is 11.3 Å². The Hall–Kier alpha value is -1.69. The molecule has 2 aliphatic rings. The summed E-state index contributed by atoms with van der Waals surface area (Å²) in [7, 11) is 0. The maximum atomic E-state index is 12.4. The van der Waals surface area contributed by atoms with Gasteiger partial charge in [-0.2, -0.15) is 0 Å². The third-order valence-corrected chi connectivity index (χ3v) is 5.07. The fourth-order valence-electron chi connectivity index (χ4n) is 2.50. The van der Waals surface area contributed by atoms with Crippen LogP contribution in [0.2, 0.25) is 0 Å². The van der Waals surface area contributed by atoms with Gasteiger partial charge in [0, 0.05) is 23.1 Å². The van der Waals surface area contributed by atoms with E-state index in [4.69, 9.17) is 4.52 Å². The van der Waals surface area contributed by atoms with Gasteiger partial charge in [0.25, 0.3) is 5.91 Å². The van der Waals surface area contributed by atoms with E-state index in [0.717, 1.165) is 42.1 Å². The topological polar surface area (TPSA) is 68.0 Å². The van der Waals surface area contributed by atoms with Crippen molar-refractivity contribution in [2.75, 3.05) is 0 Å². The van der Waals surface area contributed by atoms with Crippen molar-refractivity contribution < 1.29 is 9.32 Å². The minimum absolute atomic E-state index is 0.0114. The van der Waals surface area contributed by atoms with Gasteiger partial charge in [0.2, 0.25) is 0 Å². The maximum absolute atomic E-state index is 12.4. The minimum Gasteiger partial charge on any atom is -0.360 e. The highest BCUT2D eigenvalue weighted by molar-refractivity contribution is 7.09. The first-order valence-corrected chi connectivity index (χ1v) is 8.28. The zero-order valence-electron chi connectivity index (χ0n) is 11.8. The Morgan fingerprint density at radius 3 is 2.86 bits per heavy atom. The molecule has 0 aromatic carbocycles. The molecule has 2 aliphatic carbocycles. The Balaban J connectivity index is 1.50. The van der Waals surface area contributed by atoms with Crippen molar-refractivity contribution in [3.05, 3.63) is 33.6 Å². The van der Waals surface area contributed by atoms with Crippen LogP contribution in [0.15, 0.2) is 16.0 Å². The monoisotopic (exact) mass is 303 g/mol. The summed E-state index contributed by atoms with van der Waals surface area (Å²) >= 11 is 1.61. The zero-order chi connectivity index (χ0) is 14.4. The summed E-state index contributed by atoms with van der Waals surface area (Å²) in [4.78, 5) is 16.9. The number of aromatic nitrogens is 2. The Kier molecular flexibility index (Phi) is 3.06. The lowest BCUT2D eigenvalue weighted by atomic mass is 10.2. The van der Waals surface area contributed by atoms with Crippen molar-refractivity contribution in [1.29, 1.82) is 0 Å². The predicted octanol–water partition coefficient (Wildman–Crippen LogP) is 3.20. The number of amides is 1. The van der Waals surface area contributed by atoms with Gasteiger partial charge in [-0.3, -0.25) is 4.79 Å². The fraction of sp³-hybridized carbons (Fsp3) is 0.533. The van der Waals surface area contributed by atoms with E-state index < -0.39 is 0 Å². The number of carbonyl (C=O) groups is 1. The first-order valence-electron chi connectivity index (χ1n) is 7.40. The van der Waals surface area contributed by atoms with E-state index in [0.29, 0.717) is 17.5 Å². The Morgan fingerprint density at radius 2 is 2.24 bits per heavy atom. The maximum Gasteiger partial charge on any atom is 0.274 e. The van der Waals surface area contributed by atoms with Crippen molar-refractivity contribution in [1.82, 2.24) is 15.5 Å². The molecule has 0 aliphatic heterocycles. The number of nitrogens with one attached hydrogen (secondary N) is 1. The van der Waals surface area contributed by atoms with Gasteiger partial charge in [0.15, 0.2) is 5.69 Å². The molecule has 2 heterocycles. The normalized spacial score (nSPS) is 19.5. The van der Waals surface area contributed by atoms with Gasteiger partial charge >= 0.3 is 0 Å². The van der Waals surface area contributed by atoms with Gasteiger partial charge in [-0.15, -0.1) is 11.3 Å². The molecule has 1 amide bonds. The molecule has 2 fully saturated rings. The van der Waals surface area contributed by atoms with E-state index in [1.165, 1.54) is 0 Å². The molecule has 2 saturated carbocycles. The fourth-order valence-corrected chi connectivity index (χ4v) is 3.44. The van der Waals surface area contributed by atoms with Gasteiger partial charge in [-0.25, -0.2) is 4.98 Å². The molecule has 0 spiro atoms. The summed E-state index contributed by atoms with van der Waals surface area (Å²) in [6, 6.07) is 1.79. The van der Waals surface area contributed by atoms with Crippen LogP contribution in [0, 0.1) is 12.8 Å². The first-order chi connectivity index (χ1) is 10.2. The Labute approximate surface area is 126 Å². The van der Waals surface area contributed by atoms with Crippen molar-refractivity contribution in [3.8, 4) is 0 Å². The van der Waals surface area contributed by atoms with Crippen molar-refractivity contribution in [2.24, 2.45) is 5.92 Å². The molecule has 1 N–H and O–H groups in total. The molecule has 6 heteroatoms. The predicted molar refractivity (Wildman–Crippen MR) is 78.3 cm³/mol. The summed E-state index contributed by atoms with van der Waals surface area (Å²) in [5.41, 5.74) is 1.39. The molecule has 0 radical (unpaired) electrons. The molecule has 2 aromatic rings. The number of carbonyl (C=O) groups excluding carboxylic acids is 1. The number of thiazole rings is 1. The highest BCUT2D eigenvalue weighted by Gasteiger charge is 2.36. The van der Waals surface area contributed by atoms with Crippen LogP contribution in [0.4, 0.5) is 0 Å². The highest BCUT2D eigenvalue weighted by Crippen LogP contribution is 2.42.